The van der Waals surface area contributed by atoms with Crippen molar-refractivity contribution in [1.29, 1.82) is 0 Å². The van der Waals surface area contributed by atoms with Crippen LogP contribution < -0.4 is 0 Å². The van der Waals surface area contributed by atoms with Gasteiger partial charge in [-0.25, -0.2) is 4.79 Å². The molecular weight excluding hydrogens is 324 g/mol. The highest BCUT2D eigenvalue weighted by Gasteiger charge is 2.17. The van der Waals surface area contributed by atoms with E-state index in [9.17, 15) is 4.79 Å². The van der Waals surface area contributed by atoms with Crippen LogP contribution in [-0.4, -0.2) is 22.9 Å². The second-order valence-electron chi connectivity index (χ2n) is 5.52. The molecule has 1 aromatic heterocycles. The van der Waals surface area contributed by atoms with E-state index in [-0.39, 0.29) is 5.69 Å². The maximum Gasteiger partial charge on any atom is 0.358 e. The Hall–Kier alpha value is -2.59. The lowest BCUT2D eigenvalue weighted by molar-refractivity contribution is 0.0593. The third kappa shape index (κ3) is 3.34. The highest BCUT2D eigenvalue weighted by molar-refractivity contribution is 6.31. The van der Waals surface area contributed by atoms with Crippen molar-refractivity contribution >= 4 is 17.6 Å². The Morgan fingerprint density at radius 3 is 2.67 bits per heavy atom. The Kier molecular flexibility index (Phi) is 4.67. The molecule has 2 aromatic carbocycles. The van der Waals surface area contributed by atoms with Crippen LogP contribution in [0.25, 0.3) is 11.3 Å². The summed E-state index contributed by atoms with van der Waals surface area (Å²) >= 11 is 6.26. The number of esters is 1. The molecule has 0 aliphatic carbocycles. The summed E-state index contributed by atoms with van der Waals surface area (Å²) in [6.45, 7) is 2.50. The normalized spacial score (nSPS) is 10.6. The number of aromatic nitrogens is 2. The van der Waals surface area contributed by atoms with Crippen LogP contribution in [0.2, 0.25) is 5.02 Å². The summed E-state index contributed by atoms with van der Waals surface area (Å²) in [5.41, 5.74) is 4.19. The van der Waals surface area contributed by atoms with Crippen LogP contribution in [0.15, 0.2) is 54.6 Å². The molecule has 5 heteroatoms. The monoisotopic (exact) mass is 340 g/mol. The molecule has 122 valence electrons. The van der Waals surface area contributed by atoms with E-state index < -0.39 is 5.97 Å². The fourth-order valence-corrected chi connectivity index (χ4v) is 2.76. The van der Waals surface area contributed by atoms with Gasteiger partial charge in [-0.2, -0.15) is 5.10 Å². The minimum Gasteiger partial charge on any atom is -0.464 e. The lowest BCUT2D eigenvalue weighted by Crippen LogP contribution is -2.07. The topological polar surface area (TPSA) is 44.1 Å². The number of hydrogen-bond acceptors (Lipinski definition) is 3. The first-order chi connectivity index (χ1) is 11.6. The standard InChI is InChI=1S/C19H17ClN2O2/c1-13-6-5-8-14(10-13)18-11-17(19(23)24-2)21-22(18)12-15-7-3-4-9-16(15)20/h3-11H,12H2,1-2H3. The largest absolute Gasteiger partial charge is 0.464 e. The van der Waals surface area contributed by atoms with Crippen molar-refractivity contribution in [3.05, 3.63) is 76.4 Å². The first kappa shape index (κ1) is 16.3. The number of benzene rings is 2. The maximum absolute atomic E-state index is 11.9. The molecule has 0 spiro atoms. The van der Waals surface area contributed by atoms with Gasteiger partial charge in [-0.15, -0.1) is 0 Å². The van der Waals surface area contributed by atoms with Gasteiger partial charge in [0.2, 0.25) is 0 Å². The lowest BCUT2D eigenvalue weighted by Gasteiger charge is -2.09. The molecular formula is C19H17ClN2O2. The Bertz CT molecular complexity index is 887. The van der Waals surface area contributed by atoms with Gasteiger partial charge in [0, 0.05) is 10.6 Å². The second-order valence-corrected chi connectivity index (χ2v) is 5.93. The van der Waals surface area contributed by atoms with Crippen LogP contribution in [-0.2, 0) is 11.3 Å². The average molecular weight is 341 g/mol. The summed E-state index contributed by atoms with van der Waals surface area (Å²) in [6.07, 6.45) is 0. The summed E-state index contributed by atoms with van der Waals surface area (Å²) in [5, 5.41) is 5.08. The summed E-state index contributed by atoms with van der Waals surface area (Å²) in [6, 6.07) is 17.4. The Labute approximate surface area is 145 Å². The van der Waals surface area contributed by atoms with Gasteiger partial charge in [-0.05, 0) is 30.7 Å². The summed E-state index contributed by atoms with van der Waals surface area (Å²) in [7, 11) is 1.35. The van der Waals surface area contributed by atoms with Crippen molar-refractivity contribution in [2.45, 2.75) is 13.5 Å². The molecule has 0 radical (unpaired) electrons. The van der Waals surface area contributed by atoms with Gasteiger partial charge in [0.15, 0.2) is 5.69 Å². The van der Waals surface area contributed by atoms with E-state index in [0.717, 1.165) is 22.4 Å². The van der Waals surface area contributed by atoms with Crippen molar-refractivity contribution < 1.29 is 9.53 Å². The van der Waals surface area contributed by atoms with E-state index in [4.69, 9.17) is 16.3 Å². The minimum absolute atomic E-state index is 0.279. The molecule has 0 atom stereocenters. The zero-order chi connectivity index (χ0) is 17.1. The summed E-state index contributed by atoms with van der Waals surface area (Å²) in [4.78, 5) is 11.9. The number of halogens is 1. The van der Waals surface area contributed by atoms with Crippen LogP contribution in [0.1, 0.15) is 21.6 Å². The van der Waals surface area contributed by atoms with Crippen LogP contribution >= 0.6 is 11.6 Å². The smallest absolute Gasteiger partial charge is 0.358 e. The van der Waals surface area contributed by atoms with Crippen molar-refractivity contribution in [2.24, 2.45) is 0 Å². The molecule has 4 nitrogen and oxygen atoms in total. The number of hydrogen-bond donors (Lipinski definition) is 0. The van der Waals surface area contributed by atoms with Gasteiger partial charge < -0.3 is 4.74 Å². The second kappa shape index (κ2) is 6.89. The fraction of sp³-hybridized carbons (Fsp3) is 0.158. The van der Waals surface area contributed by atoms with Crippen LogP contribution in [0, 0.1) is 6.92 Å². The molecule has 0 unspecified atom stereocenters. The first-order valence-electron chi connectivity index (χ1n) is 7.55. The van der Waals surface area contributed by atoms with Gasteiger partial charge >= 0.3 is 5.97 Å². The quantitative estimate of drug-likeness (QED) is 0.663. The molecule has 3 rings (SSSR count). The number of carbonyl (C=O) groups is 1. The Morgan fingerprint density at radius 1 is 1.17 bits per heavy atom. The predicted octanol–water partition coefficient (Wildman–Crippen LogP) is 4.35. The molecule has 24 heavy (non-hydrogen) atoms. The summed E-state index contributed by atoms with van der Waals surface area (Å²) < 4.78 is 6.58. The van der Waals surface area contributed by atoms with Crippen LogP contribution in [0.3, 0.4) is 0 Å². The molecule has 0 fully saturated rings. The number of methoxy groups -OCH3 is 1. The summed E-state index contributed by atoms with van der Waals surface area (Å²) in [5.74, 6) is -0.457. The lowest BCUT2D eigenvalue weighted by atomic mass is 10.1. The Morgan fingerprint density at radius 2 is 1.96 bits per heavy atom. The molecule has 0 amide bonds. The highest BCUT2D eigenvalue weighted by Crippen LogP contribution is 2.24. The fourth-order valence-electron chi connectivity index (χ4n) is 2.57. The maximum atomic E-state index is 11.9. The third-order valence-electron chi connectivity index (χ3n) is 3.77. The predicted molar refractivity (Wildman–Crippen MR) is 94.3 cm³/mol. The molecule has 3 aromatic rings. The molecule has 0 saturated carbocycles. The van der Waals surface area contributed by atoms with Crippen molar-refractivity contribution in [3.8, 4) is 11.3 Å². The third-order valence-corrected chi connectivity index (χ3v) is 4.14. The van der Waals surface area contributed by atoms with Gasteiger partial charge in [0.25, 0.3) is 0 Å². The first-order valence-corrected chi connectivity index (χ1v) is 7.93. The van der Waals surface area contributed by atoms with Crippen molar-refractivity contribution in [3.63, 3.8) is 0 Å². The molecule has 0 aliphatic rings. The molecule has 0 N–H and O–H groups in total. The van der Waals surface area contributed by atoms with E-state index in [0.29, 0.717) is 11.6 Å². The highest BCUT2D eigenvalue weighted by atomic mass is 35.5. The SMILES string of the molecule is COC(=O)c1cc(-c2cccc(C)c2)n(Cc2ccccc2Cl)n1. The van der Waals surface area contributed by atoms with Gasteiger partial charge in [-0.1, -0.05) is 53.6 Å². The van der Waals surface area contributed by atoms with Crippen LogP contribution in [0.5, 0.6) is 0 Å². The molecule has 0 bridgehead atoms. The Balaban J connectivity index is 2.08. The minimum atomic E-state index is -0.457. The van der Waals surface area contributed by atoms with E-state index >= 15 is 0 Å². The van der Waals surface area contributed by atoms with Crippen LogP contribution in [0.4, 0.5) is 0 Å². The van der Waals surface area contributed by atoms with Gasteiger partial charge in [-0.3, -0.25) is 4.68 Å². The van der Waals surface area contributed by atoms with E-state index in [1.807, 2.05) is 49.4 Å². The van der Waals surface area contributed by atoms with E-state index in [1.165, 1.54) is 7.11 Å². The van der Waals surface area contributed by atoms with E-state index in [2.05, 4.69) is 11.2 Å². The molecule has 0 saturated heterocycles. The van der Waals surface area contributed by atoms with Gasteiger partial charge in [0.05, 0.1) is 19.3 Å². The number of aryl methyl sites for hydroxylation is 1. The molecule has 0 aliphatic heterocycles. The average Bonchev–Trinajstić information content (AvgIpc) is 3.00. The zero-order valence-electron chi connectivity index (χ0n) is 13.5. The number of rotatable bonds is 4. The van der Waals surface area contributed by atoms with E-state index in [1.54, 1.807) is 10.7 Å². The van der Waals surface area contributed by atoms with Gasteiger partial charge in [0.1, 0.15) is 0 Å². The number of carbonyl (C=O) groups excluding carboxylic acids is 1. The number of ether oxygens (including phenoxy) is 1. The number of nitrogens with zero attached hydrogens (tertiary/aromatic N) is 2. The molecule has 1 heterocycles. The van der Waals surface area contributed by atoms with Crippen molar-refractivity contribution in [2.75, 3.05) is 7.11 Å². The zero-order valence-corrected chi connectivity index (χ0v) is 14.2. The van der Waals surface area contributed by atoms with Crippen molar-refractivity contribution in [1.82, 2.24) is 9.78 Å².